The van der Waals surface area contributed by atoms with Gasteiger partial charge in [0.2, 0.25) is 5.91 Å². The Morgan fingerprint density at radius 2 is 1.41 bits per heavy atom. The summed E-state index contributed by atoms with van der Waals surface area (Å²) < 4.78 is 22.3. The van der Waals surface area contributed by atoms with Crippen LogP contribution in [-0.2, 0) is 19.1 Å². The Morgan fingerprint density at radius 1 is 0.780 bits per heavy atom. The summed E-state index contributed by atoms with van der Waals surface area (Å²) in [4.78, 5) is 68.3. The Hall–Kier alpha value is -6.64. The van der Waals surface area contributed by atoms with Gasteiger partial charge >= 0.3 is 12.2 Å². The minimum atomic E-state index is -0.905. The number of allylic oxidation sites excluding steroid dienone is 1. The summed E-state index contributed by atoms with van der Waals surface area (Å²) in [6.07, 6.45) is 6.04. The van der Waals surface area contributed by atoms with E-state index in [0.29, 0.717) is 53.9 Å². The van der Waals surface area contributed by atoms with Crippen LogP contribution in [0.5, 0.6) is 23.0 Å². The van der Waals surface area contributed by atoms with E-state index in [9.17, 15) is 19.2 Å². The number of hydrogen-bond donors (Lipinski definition) is 3. The summed E-state index contributed by atoms with van der Waals surface area (Å²) in [6.45, 7) is 4.93. The van der Waals surface area contributed by atoms with Crippen molar-refractivity contribution in [3.05, 3.63) is 96.1 Å². The number of carbonyl (C=O) groups excluding carboxylic acids is 4. The van der Waals surface area contributed by atoms with Crippen molar-refractivity contribution in [3.8, 4) is 34.3 Å². The molecule has 3 N–H and O–H groups in total. The highest BCUT2D eigenvalue weighted by molar-refractivity contribution is 6.04. The molecule has 8 rings (SSSR count). The Morgan fingerprint density at radius 3 is 2.08 bits per heavy atom. The summed E-state index contributed by atoms with van der Waals surface area (Å²) in [7, 11) is 2.56. The normalized spacial score (nSPS) is 19.1. The van der Waals surface area contributed by atoms with E-state index in [4.69, 9.17) is 28.9 Å². The average molecular weight is 802 g/mol. The maximum absolute atomic E-state index is 13.9. The second-order valence-electron chi connectivity index (χ2n) is 15.4. The molecule has 0 saturated carbocycles. The Bertz CT molecular complexity index is 2320. The first-order chi connectivity index (χ1) is 28.6. The Balaban J connectivity index is 0.926. The minimum absolute atomic E-state index is 0.111. The van der Waals surface area contributed by atoms with Crippen molar-refractivity contribution in [2.24, 2.45) is 10.9 Å². The van der Waals surface area contributed by atoms with Gasteiger partial charge in [-0.1, -0.05) is 50.2 Å². The van der Waals surface area contributed by atoms with Gasteiger partial charge in [-0.25, -0.2) is 14.6 Å². The lowest BCUT2D eigenvalue weighted by Crippen LogP contribution is -2.53. The third kappa shape index (κ3) is 7.96. The zero-order valence-electron chi connectivity index (χ0n) is 33.4. The number of aromatic nitrogens is 2. The third-order valence-electron chi connectivity index (χ3n) is 11.4. The lowest BCUT2D eigenvalue weighted by molar-refractivity contribution is -0.135. The molecule has 0 bridgehead atoms. The maximum Gasteiger partial charge on any atom is 0.407 e. The molecule has 306 valence electrons. The van der Waals surface area contributed by atoms with Gasteiger partial charge < -0.3 is 44.4 Å². The average Bonchev–Trinajstić information content (AvgIpc) is 4.10. The van der Waals surface area contributed by atoms with Crippen LogP contribution >= 0.6 is 0 Å². The van der Waals surface area contributed by atoms with E-state index in [2.05, 4.69) is 15.6 Å². The van der Waals surface area contributed by atoms with Crippen molar-refractivity contribution >= 4 is 35.3 Å². The van der Waals surface area contributed by atoms with Crippen molar-refractivity contribution in [3.63, 3.8) is 0 Å². The fourth-order valence-corrected chi connectivity index (χ4v) is 8.27. The van der Waals surface area contributed by atoms with Crippen LogP contribution in [0.4, 0.5) is 9.59 Å². The van der Waals surface area contributed by atoms with Crippen LogP contribution in [0.1, 0.15) is 75.0 Å². The highest BCUT2D eigenvalue weighted by Gasteiger charge is 2.39. The molecule has 4 amide bonds. The molecule has 3 aromatic carbocycles. The standard InChI is InChI=1S/C44H47N7O8/c1-25(2)38(48-43(54)56-3)41(52)50-18-8-12-32(50)30-20-29(23-45-30)27-14-16-34-36(21-27)58-35-17-15-28(22-37(35)59-34)31-24-46-40(47-31)33-13-9-19-51(33)42(53)39(49-44(55)57-4)26-10-6-5-7-11-26/h5-7,10-11,14-17,21-25,32-33,38-39H,8-9,12-13,18-20H2,1-4H3,(H,46,47)(H,48,54)(H,49,55)/t32-,33-,38?,39+/m0/s1. The molecule has 15 nitrogen and oxygen atoms in total. The molecule has 0 aliphatic carbocycles. The number of methoxy groups -OCH3 is 2. The molecule has 2 saturated heterocycles. The maximum atomic E-state index is 13.9. The monoisotopic (exact) mass is 801 g/mol. The molecule has 5 heterocycles. The van der Waals surface area contributed by atoms with E-state index in [-0.39, 0.29) is 29.8 Å². The quantitative estimate of drug-likeness (QED) is 0.131. The van der Waals surface area contributed by atoms with Gasteiger partial charge in [0.05, 0.1) is 38.2 Å². The predicted molar refractivity (Wildman–Crippen MR) is 218 cm³/mol. The van der Waals surface area contributed by atoms with E-state index in [1.54, 1.807) is 23.2 Å². The Labute approximate surface area is 341 Å². The summed E-state index contributed by atoms with van der Waals surface area (Å²) in [6, 6.07) is 18.6. The summed E-state index contributed by atoms with van der Waals surface area (Å²) in [5.74, 6) is 2.44. The Kier molecular flexibility index (Phi) is 11.1. The van der Waals surface area contributed by atoms with Crippen LogP contribution in [0, 0.1) is 5.92 Å². The van der Waals surface area contributed by atoms with Crippen LogP contribution < -0.4 is 20.1 Å². The largest absolute Gasteiger partial charge is 0.453 e. The molecule has 4 aromatic rings. The van der Waals surface area contributed by atoms with Gasteiger partial charge in [-0.2, -0.15) is 0 Å². The van der Waals surface area contributed by atoms with Crippen molar-refractivity contribution in [2.45, 2.75) is 70.1 Å². The molecule has 0 radical (unpaired) electrons. The number of alkyl carbamates (subject to hydrolysis) is 2. The molecular weight excluding hydrogens is 755 g/mol. The van der Waals surface area contributed by atoms with Crippen LogP contribution in [0.15, 0.2) is 84.1 Å². The van der Waals surface area contributed by atoms with Crippen molar-refractivity contribution < 1.29 is 38.1 Å². The summed E-state index contributed by atoms with van der Waals surface area (Å²) >= 11 is 0. The van der Waals surface area contributed by atoms with Gasteiger partial charge in [0.25, 0.3) is 5.91 Å². The number of imidazole rings is 1. The van der Waals surface area contributed by atoms with Gasteiger partial charge in [0.1, 0.15) is 17.9 Å². The van der Waals surface area contributed by atoms with E-state index >= 15 is 0 Å². The number of ether oxygens (including phenoxy) is 4. The van der Waals surface area contributed by atoms with Crippen molar-refractivity contribution in [1.82, 2.24) is 30.4 Å². The molecule has 4 atom stereocenters. The summed E-state index contributed by atoms with van der Waals surface area (Å²) in [5, 5.41) is 5.41. The number of fused-ring (bicyclic) bond motifs is 2. The van der Waals surface area contributed by atoms with Gasteiger partial charge in [-0.3, -0.25) is 14.6 Å². The van der Waals surface area contributed by atoms with Gasteiger partial charge in [-0.05, 0) is 78.6 Å². The molecule has 4 aliphatic heterocycles. The number of H-pyrrole nitrogens is 1. The van der Waals surface area contributed by atoms with Gasteiger partial charge in [0, 0.05) is 37.0 Å². The molecule has 1 aromatic heterocycles. The molecule has 2 fully saturated rings. The van der Waals surface area contributed by atoms with Crippen molar-refractivity contribution in [2.75, 3.05) is 27.3 Å². The molecular formula is C44H47N7O8. The number of carbonyl (C=O) groups is 4. The fraction of sp³-hybridized carbons (Fsp3) is 0.364. The number of rotatable bonds is 10. The summed E-state index contributed by atoms with van der Waals surface area (Å²) in [5.41, 5.74) is 5.11. The number of aliphatic imine (C=N–C) groups is 1. The molecule has 59 heavy (non-hydrogen) atoms. The number of hydrogen-bond acceptors (Lipinski definition) is 10. The predicted octanol–water partition coefficient (Wildman–Crippen LogP) is 7.29. The highest BCUT2D eigenvalue weighted by Crippen LogP contribution is 2.48. The van der Waals surface area contributed by atoms with Crippen molar-refractivity contribution in [1.29, 1.82) is 0 Å². The first-order valence-electron chi connectivity index (χ1n) is 19.9. The smallest absolute Gasteiger partial charge is 0.407 e. The topological polar surface area (TPSA) is 177 Å². The number of likely N-dealkylation sites (tertiary alicyclic amines) is 2. The number of aromatic amines is 1. The number of benzene rings is 3. The molecule has 1 unspecified atom stereocenters. The minimum Gasteiger partial charge on any atom is -0.453 e. The second-order valence-corrected chi connectivity index (χ2v) is 15.4. The third-order valence-corrected chi connectivity index (χ3v) is 11.4. The van der Waals surface area contributed by atoms with E-state index < -0.39 is 24.3 Å². The second kappa shape index (κ2) is 16.7. The lowest BCUT2D eigenvalue weighted by atomic mass is 9.97. The van der Waals surface area contributed by atoms with E-state index in [1.807, 2.05) is 79.5 Å². The zero-order valence-corrected chi connectivity index (χ0v) is 33.4. The van der Waals surface area contributed by atoms with Crippen LogP contribution in [0.2, 0.25) is 0 Å². The molecule has 15 heteroatoms. The first-order valence-corrected chi connectivity index (χ1v) is 19.9. The SMILES string of the molecule is COC(=O)NC(C(=O)N1CCC[C@H]1C1=NC=C(c2ccc3c(c2)Oc2ccc(-c4cnc([C@@H]5CCCN5C(=O)[C@H](NC(=O)OC)c5ccccc5)[nH]4)cc2O3)C1)C(C)C. The molecule has 4 aliphatic rings. The number of nitrogens with zero attached hydrogens (tertiary/aromatic N) is 4. The number of nitrogens with one attached hydrogen (secondary N) is 3. The first kappa shape index (κ1) is 39.2. The number of amides is 4. The van der Waals surface area contributed by atoms with Crippen LogP contribution in [0.25, 0.3) is 16.8 Å². The van der Waals surface area contributed by atoms with Gasteiger partial charge in [0.15, 0.2) is 23.0 Å². The van der Waals surface area contributed by atoms with Crippen LogP contribution in [0.3, 0.4) is 0 Å². The molecule has 0 spiro atoms. The van der Waals surface area contributed by atoms with E-state index in [1.165, 1.54) is 14.2 Å². The zero-order chi connectivity index (χ0) is 41.2. The highest BCUT2D eigenvalue weighted by atomic mass is 16.6. The fourth-order valence-electron chi connectivity index (χ4n) is 8.27. The lowest BCUT2D eigenvalue weighted by Gasteiger charge is -2.31. The van der Waals surface area contributed by atoms with Crippen LogP contribution in [-0.4, -0.2) is 88.9 Å². The van der Waals surface area contributed by atoms with E-state index in [0.717, 1.165) is 53.8 Å². The van der Waals surface area contributed by atoms with Gasteiger partial charge in [-0.15, -0.1) is 0 Å².